The van der Waals surface area contributed by atoms with Crippen molar-refractivity contribution in [2.24, 2.45) is 0 Å². The molecule has 0 heterocycles. The van der Waals surface area contributed by atoms with Crippen LogP contribution in [0.4, 0.5) is 26.3 Å². The topological polar surface area (TPSA) is 46.5 Å². The van der Waals surface area contributed by atoms with Crippen LogP contribution in [-0.4, -0.2) is 18.2 Å². The fourth-order valence-corrected chi connectivity index (χ4v) is 2.34. The Balaban J connectivity index is 2.72. The molecule has 9 heteroatoms. The van der Waals surface area contributed by atoms with Crippen LogP contribution in [0.25, 0.3) is 5.57 Å². The Bertz CT molecular complexity index is 832. The van der Waals surface area contributed by atoms with Crippen LogP contribution in [0.3, 0.4) is 0 Å². The van der Waals surface area contributed by atoms with E-state index in [2.05, 4.69) is 0 Å². The number of hydrogen-bond acceptors (Lipinski definition) is 2. The summed E-state index contributed by atoms with van der Waals surface area (Å²) < 4.78 is 83.2. The lowest BCUT2D eigenvalue weighted by Crippen LogP contribution is -2.12. The molecule has 2 aromatic rings. The Morgan fingerprint density at radius 1 is 0.889 bits per heavy atom. The third-order valence-corrected chi connectivity index (χ3v) is 3.57. The van der Waals surface area contributed by atoms with Gasteiger partial charge >= 0.3 is 18.3 Å². The predicted molar refractivity (Wildman–Crippen MR) is 84.2 cm³/mol. The van der Waals surface area contributed by atoms with E-state index in [0.29, 0.717) is 24.0 Å². The van der Waals surface area contributed by atoms with Crippen molar-refractivity contribution < 1.29 is 41.0 Å². The molecule has 1 N–H and O–H groups in total. The standard InChI is InChI=1S/C18H12F6O3/c1-27-14-4-2-10(3-5-14)15(9-16(25)26)11-6-12(17(19,20)21)8-13(7-11)18(22,23)24/h2-9H,1H3,(H,25,26)/b15-9+. The van der Waals surface area contributed by atoms with Gasteiger partial charge in [-0.3, -0.25) is 0 Å². The summed E-state index contributed by atoms with van der Waals surface area (Å²) in [6.07, 6.45) is -9.52. The molecule has 27 heavy (non-hydrogen) atoms. The maximum Gasteiger partial charge on any atom is 0.416 e. The van der Waals surface area contributed by atoms with Gasteiger partial charge < -0.3 is 9.84 Å². The van der Waals surface area contributed by atoms with Crippen LogP contribution in [0.5, 0.6) is 5.75 Å². The Morgan fingerprint density at radius 3 is 1.74 bits per heavy atom. The zero-order valence-corrected chi connectivity index (χ0v) is 13.7. The maximum atomic E-state index is 13.0. The van der Waals surface area contributed by atoms with E-state index in [1.807, 2.05) is 0 Å². The van der Waals surface area contributed by atoms with Crippen LogP contribution in [0.2, 0.25) is 0 Å². The molecule has 0 radical (unpaired) electrons. The molecule has 0 spiro atoms. The quantitative estimate of drug-likeness (QED) is 0.573. The largest absolute Gasteiger partial charge is 0.497 e. The van der Waals surface area contributed by atoms with E-state index in [9.17, 15) is 31.1 Å². The second kappa shape index (κ2) is 7.34. The third-order valence-electron chi connectivity index (χ3n) is 3.57. The first-order valence-electron chi connectivity index (χ1n) is 7.30. The molecule has 0 unspecified atom stereocenters. The smallest absolute Gasteiger partial charge is 0.416 e. The number of ether oxygens (including phenoxy) is 1. The molecule has 0 fully saturated rings. The van der Waals surface area contributed by atoms with E-state index in [4.69, 9.17) is 9.84 Å². The van der Waals surface area contributed by atoms with Crippen molar-refractivity contribution in [1.29, 1.82) is 0 Å². The number of hydrogen-bond donors (Lipinski definition) is 1. The lowest BCUT2D eigenvalue weighted by atomic mass is 9.93. The summed E-state index contributed by atoms with van der Waals surface area (Å²) in [5.74, 6) is -1.14. The summed E-state index contributed by atoms with van der Waals surface area (Å²) in [6.45, 7) is 0. The second-order valence-corrected chi connectivity index (χ2v) is 5.42. The van der Waals surface area contributed by atoms with Crippen molar-refractivity contribution in [1.82, 2.24) is 0 Å². The molecule has 2 rings (SSSR count). The van der Waals surface area contributed by atoms with Crippen molar-refractivity contribution in [3.63, 3.8) is 0 Å². The summed E-state index contributed by atoms with van der Waals surface area (Å²) in [5, 5.41) is 9.02. The number of halogens is 6. The Labute approximate surface area is 149 Å². The molecule has 0 aliphatic carbocycles. The highest BCUT2D eigenvalue weighted by Gasteiger charge is 2.37. The normalized spacial score (nSPS) is 12.8. The van der Waals surface area contributed by atoms with Gasteiger partial charge in [0.15, 0.2) is 0 Å². The number of aliphatic carboxylic acids is 1. The van der Waals surface area contributed by atoms with Gasteiger partial charge in [0.2, 0.25) is 0 Å². The van der Waals surface area contributed by atoms with Crippen molar-refractivity contribution in [2.45, 2.75) is 12.4 Å². The van der Waals surface area contributed by atoms with E-state index in [1.165, 1.54) is 31.4 Å². The van der Waals surface area contributed by atoms with E-state index >= 15 is 0 Å². The first kappa shape index (κ1) is 20.3. The lowest BCUT2D eigenvalue weighted by Gasteiger charge is -2.16. The van der Waals surface area contributed by atoms with Gasteiger partial charge in [0.05, 0.1) is 18.2 Å². The fourth-order valence-electron chi connectivity index (χ4n) is 2.34. The number of methoxy groups -OCH3 is 1. The van der Waals surface area contributed by atoms with Gasteiger partial charge in [-0.15, -0.1) is 0 Å². The summed E-state index contributed by atoms with van der Waals surface area (Å²) in [6, 6.07) is 6.42. The zero-order valence-electron chi connectivity index (χ0n) is 13.7. The SMILES string of the molecule is COc1ccc(/C(=C\C(=O)O)c2cc(C(F)(F)F)cc(C(F)(F)F)c2)cc1. The highest BCUT2D eigenvalue weighted by Crippen LogP contribution is 2.38. The number of rotatable bonds is 4. The van der Waals surface area contributed by atoms with Gasteiger partial charge in [0.1, 0.15) is 5.75 Å². The molecule has 0 amide bonds. The monoisotopic (exact) mass is 390 g/mol. The summed E-state index contributed by atoms with van der Waals surface area (Å²) in [4.78, 5) is 11.1. The molecule has 3 nitrogen and oxygen atoms in total. The lowest BCUT2D eigenvalue weighted by molar-refractivity contribution is -0.143. The molecule has 0 aliphatic rings. The number of benzene rings is 2. The number of carboxylic acid groups (broad SMARTS) is 1. The average molecular weight is 390 g/mol. The Morgan fingerprint density at radius 2 is 1.37 bits per heavy atom. The van der Waals surface area contributed by atoms with Crippen LogP contribution < -0.4 is 4.74 Å². The zero-order chi connectivity index (χ0) is 20.4. The minimum absolute atomic E-state index is 0.0179. The van der Waals surface area contributed by atoms with Crippen molar-refractivity contribution in [3.8, 4) is 5.75 Å². The number of alkyl halides is 6. The minimum Gasteiger partial charge on any atom is -0.497 e. The van der Waals surface area contributed by atoms with Gasteiger partial charge in [-0.25, -0.2) is 4.79 Å². The van der Waals surface area contributed by atoms with Gasteiger partial charge in [-0.05, 0) is 47.0 Å². The van der Waals surface area contributed by atoms with Crippen LogP contribution in [0, 0.1) is 0 Å². The van der Waals surface area contributed by atoms with Crippen molar-refractivity contribution in [3.05, 3.63) is 70.8 Å². The van der Waals surface area contributed by atoms with Crippen molar-refractivity contribution >= 4 is 11.5 Å². The molecule has 0 aromatic heterocycles. The average Bonchev–Trinajstić information content (AvgIpc) is 2.58. The highest BCUT2D eigenvalue weighted by atomic mass is 19.4. The molecule has 0 atom stereocenters. The molecule has 2 aromatic carbocycles. The summed E-state index contributed by atoms with van der Waals surface area (Å²) >= 11 is 0. The summed E-state index contributed by atoms with van der Waals surface area (Å²) in [5.41, 5.74) is -3.77. The Kier molecular flexibility index (Phi) is 5.53. The van der Waals surface area contributed by atoms with E-state index in [-0.39, 0.29) is 17.2 Å². The third kappa shape index (κ3) is 5.02. The van der Waals surface area contributed by atoms with E-state index in [1.54, 1.807) is 0 Å². The van der Waals surface area contributed by atoms with Crippen LogP contribution >= 0.6 is 0 Å². The maximum absolute atomic E-state index is 13.0. The first-order chi connectivity index (χ1) is 12.4. The van der Waals surface area contributed by atoms with Crippen molar-refractivity contribution in [2.75, 3.05) is 7.11 Å². The number of carbonyl (C=O) groups is 1. The summed E-state index contributed by atoms with van der Waals surface area (Å²) in [7, 11) is 1.37. The van der Waals surface area contributed by atoms with E-state index in [0.717, 1.165) is 0 Å². The predicted octanol–water partition coefficient (Wildman–Crippen LogP) is 5.25. The molecular formula is C18H12F6O3. The Hall–Kier alpha value is -2.97. The highest BCUT2D eigenvalue weighted by molar-refractivity contribution is 5.95. The van der Waals surface area contributed by atoms with Crippen LogP contribution in [0.1, 0.15) is 22.3 Å². The first-order valence-corrected chi connectivity index (χ1v) is 7.30. The molecular weight excluding hydrogens is 378 g/mol. The minimum atomic E-state index is -5.04. The molecule has 144 valence electrons. The van der Waals surface area contributed by atoms with Gasteiger partial charge in [0, 0.05) is 6.08 Å². The molecule has 0 aliphatic heterocycles. The molecule has 0 bridgehead atoms. The fraction of sp³-hybridized carbons (Fsp3) is 0.167. The van der Waals surface area contributed by atoms with Crippen LogP contribution in [0.15, 0.2) is 48.5 Å². The van der Waals surface area contributed by atoms with Gasteiger partial charge in [-0.1, -0.05) is 12.1 Å². The second-order valence-electron chi connectivity index (χ2n) is 5.42. The molecule has 0 saturated heterocycles. The molecule has 0 saturated carbocycles. The van der Waals surface area contributed by atoms with Gasteiger partial charge in [-0.2, -0.15) is 26.3 Å². The van der Waals surface area contributed by atoms with Crippen LogP contribution in [-0.2, 0) is 17.1 Å². The number of carboxylic acids is 1. The van der Waals surface area contributed by atoms with Gasteiger partial charge in [0.25, 0.3) is 0 Å². The van der Waals surface area contributed by atoms with E-state index < -0.39 is 35.0 Å².